The molecule has 1 aromatic rings. The summed E-state index contributed by atoms with van der Waals surface area (Å²) in [6, 6.07) is 5.81. The lowest BCUT2D eigenvalue weighted by atomic mass is 10.1. The van der Waals surface area contributed by atoms with Crippen molar-refractivity contribution >= 4 is 27.5 Å². The first-order valence-corrected chi connectivity index (χ1v) is 7.08. The first-order valence-electron chi connectivity index (χ1n) is 6.29. The number of likely N-dealkylation sites (N-methyl/N-ethyl adjacent to an activating group) is 1. The van der Waals surface area contributed by atoms with Crippen LogP contribution in [0.4, 0.5) is 5.69 Å². The highest BCUT2D eigenvalue weighted by atomic mass is 79.9. The van der Waals surface area contributed by atoms with Gasteiger partial charge in [0.15, 0.2) is 0 Å². The normalized spacial score (nSPS) is 12.4. The smallest absolute Gasteiger partial charge is 0.239 e. The molecule has 5 heteroatoms. The van der Waals surface area contributed by atoms with E-state index in [0.717, 1.165) is 15.7 Å². The Morgan fingerprint density at radius 2 is 2.05 bits per heavy atom. The van der Waals surface area contributed by atoms with Gasteiger partial charge < -0.3 is 15.3 Å². The number of hydrogen-bond acceptors (Lipinski definition) is 3. The fraction of sp³-hybridized carbons (Fsp3) is 0.500. The maximum atomic E-state index is 11.7. The zero-order chi connectivity index (χ0) is 14.6. The van der Waals surface area contributed by atoms with E-state index in [0.29, 0.717) is 6.54 Å². The van der Waals surface area contributed by atoms with Gasteiger partial charge in [-0.25, -0.2) is 0 Å². The predicted molar refractivity (Wildman–Crippen MR) is 81.3 cm³/mol. The number of amides is 1. The standard InChI is InChI=1S/C14H21BrN2O2/c1-9(2)16-14(19)8-17(4)11-5-6-12(10(3)18)13(15)7-11/h5-7,9-10,18H,8H2,1-4H3,(H,16,19)/t10-/m1/s1. The number of anilines is 1. The summed E-state index contributed by atoms with van der Waals surface area (Å²) in [6.45, 7) is 5.90. The van der Waals surface area contributed by atoms with Crippen molar-refractivity contribution in [3.63, 3.8) is 0 Å². The summed E-state index contributed by atoms with van der Waals surface area (Å²) in [4.78, 5) is 13.6. The molecular formula is C14H21BrN2O2. The lowest BCUT2D eigenvalue weighted by molar-refractivity contribution is -0.120. The molecule has 4 nitrogen and oxygen atoms in total. The molecule has 0 aromatic heterocycles. The third kappa shape index (κ3) is 4.84. The van der Waals surface area contributed by atoms with Gasteiger partial charge in [-0.2, -0.15) is 0 Å². The molecule has 0 saturated carbocycles. The number of rotatable bonds is 5. The molecule has 19 heavy (non-hydrogen) atoms. The Bertz CT molecular complexity index is 447. The maximum Gasteiger partial charge on any atom is 0.239 e. The number of carbonyl (C=O) groups is 1. The van der Waals surface area contributed by atoms with E-state index in [9.17, 15) is 9.90 Å². The van der Waals surface area contributed by atoms with E-state index in [-0.39, 0.29) is 11.9 Å². The van der Waals surface area contributed by atoms with E-state index < -0.39 is 6.10 Å². The minimum absolute atomic E-state index is 0.00627. The predicted octanol–water partition coefficient (Wildman–Crippen LogP) is 2.46. The second-order valence-corrected chi connectivity index (χ2v) is 5.81. The number of aliphatic hydroxyl groups excluding tert-OH is 1. The van der Waals surface area contributed by atoms with Crippen LogP contribution in [0.1, 0.15) is 32.4 Å². The Balaban J connectivity index is 2.75. The van der Waals surface area contributed by atoms with E-state index >= 15 is 0 Å². The SMILES string of the molecule is CC(C)NC(=O)CN(C)c1ccc([C@@H](C)O)c(Br)c1. The Labute approximate surface area is 122 Å². The molecule has 0 spiro atoms. The number of carbonyl (C=O) groups excluding carboxylic acids is 1. The van der Waals surface area contributed by atoms with Gasteiger partial charge in [-0.05, 0) is 38.5 Å². The highest BCUT2D eigenvalue weighted by Crippen LogP contribution is 2.27. The quantitative estimate of drug-likeness (QED) is 0.873. The molecule has 1 atom stereocenters. The van der Waals surface area contributed by atoms with Gasteiger partial charge in [0.25, 0.3) is 0 Å². The van der Waals surface area contributed by atoms with Crippen molar-refractivity contribution in [1.29, 1.82) is 0 Å². The van der Waals surface area contributed by atoms with Crippen LogP contribution in [0.3, 0.4) is 0 Å². The summed E-state index contributed by atoms with van der Waals surface area (Å²) in [5, 5.41) is 12.4. The first-order chi connectivity index (χ1) is 8.81. The van der Waals surface area contributed by atoms with Gasteiger partial charge in [-0.1, -0.05) is 22.0 Å². The van der Waals surface area contributed by atoms with Crippen LogP contribution in [0.15, 0.2) is 22.7 Å². The number of nitrogens with one attached hydrogen (secondary N) is 1. The zero-order valence-electron chi connectivity index (χ0n) is 11.8. The highest BCUT2D eigenvalue weighted by molar-refractivity contribution is 9.10. The molecule has 0 unspecified atom stereocenters. The number of benzene rings is 1. The number of aliphatic hydroxyl groups is 1. The monoisotopic (exact) mass is 328 g/mol. The van der Waals surface area contributed by atoms with Crippen LogP contribution < -0.4 is 10.2 Å². The molecule has 106 valence electrons. The van der Waals surface area contributed by atoms with Gasteiger partial charge >= 0.3 is 0 Å². The third-order valence-electron chi connectivity index (χ3n) is 2.71. The van der Waals surface area contributed by atoms with Crippen molar-refractivity contribution in [1.82, 2.24) is 5.32 Å². The van der Waals surface area contributed by atoms with E-state index in [1.807, 2.05) is 44.0 Å². The molecule has 0 saturated heterocycles. The second kappa shape index (κ2) is 6.91. The molecule has 1 aromatic carbocycles. The Morgan fingerprint density at radius 3 is 2.53 bits per heavy atom. The lowest BCUT2D eigenvalue weighted by Gasteiger charge is -2.21. The molecule has 0 aliphatic rings. The average Bonchev–Trinajstić information content (AvgIpc) is 2.26. The van der Waals surface area contributed by atoms with Crippen molar-refractivity contribution in [2.75, 3.05) is 18.5 Å². The largest absolute Gasteiger partial charge is 0.389 e. The molecule has 0 bridgehead atoms. The summed E-state index contributed by atoms with van der Waals surface area (Å²) < 4.78 is 0.844. The van der Waals surface area contributed by atoms with Gasteiger partial charge in [0.05, 0.1) is 12.6 Å². The molecule has 0 fully saturated rings. The minimum atomic E-state index is -0.516. The summed E-state index contributed by atoms with van der Waals surface area (Å²) in [5.41, 5.74) is 1.76. The van der Waals surface area contributed by atoms with Gasteiger partial charge in [-0.15, -0.1) is 0 Å². The topological polar surface area (TPSA) is 52.6 Å². The molecule has 1 rings (SSSR count). The van der Waals surface area contributed by atoms with Crippen LogP contribution in [0.5, 0.6) is 0 Å². The number of halogens is 1. The van der Waals surface area contributed by atoms with Crippen LogP contribution >= 0.6 is 15.9 Å². The lowest BCUT2D eigenvalue weighted by Crippen LogP contribution is -2.38. The summed E-state index contributed by atoms with van der Waals surface area (Å²) in [6.07, 6.45) is -0.516. The second-order valence-electron chi connectivity index (χ2n) is 4.96. The van der Waals surface area contributed by atoms with E-state index in [1.54, 1.807) is 6.92 Å². The molecule has 1 amide bonds. The molecule has 0 aliphatic heterocycles. The molecule has 0 radical (unpaired) electrons. The zero-order valence-corrected chi connectivity index (χ0v) is 13.4. The van der Waals surface area contributed by atoms with Crippen LogP contribution in [0.2, 0.25) is 0 Å². The van der Waals surface area contributed by atoms with Gasteiger partial charge in [0.1, 0.15) is 0 Å². The number of hydrogen-bond donors (Lipinski definition) is 2. The Morgan fingerprint density at radius 1 is 1.42 bits per heavy atom. The van der Waals surface area contributed by atoms with Gasteiger partial charge in [0, 0.05) is 23.2 Å². The van der Waals surface area contributed by atoms with Crippen molar-refractivity contribution in [2.45, 2.75) is 32.9 Å². The van der Waals surface area contributed by atoms with Crippen LogP contribution in [-0.4, -0.2) is 30.6 Å². The first kappa shape index (κ1) is 16.0. The van der Waals surface area contributed by atoms with Crippen LogP contribution in [-0.2, 0) is 4.79 Å². The van der Waals surface area contributed by atoms with Crippen molar-refractivity contribution < 1.29 is 9.90 Å². The molecular weight excluding hydrogens is 308 g/mol. The Hall–Kier alpha value is -1.07. The minimum Gasteiger partial charge on any atom is -0.389 e. The van der Waals surface area contributed by atoms with E-state index in [4.69, 9.17) is 0 Å². The fourth-order valence-electron chi connectivity index (χ4n) is 1.77. The molecule has 0 heterocycles. The molecule has 0 aliphatic carbocycles. The van der Waals surface area contributed by atoms with Crippen molar-refractivity contribution in [3.8, 4) is 0 Å². The summed E-state index contributed by atoms with van der Waals surface area (Å²) >= 11 is 3.44. The van der Waals surface area contributed by atoms with Crippen molar-refractivity contribution in [3.05, 3.63) is 28.2 Å². The molecule has 2 N–H and O–H groups in total. The van der Waals surface area contributed by atoms with Gasteiger partial charge in [-0.3, -0.25) is 4.79 Å². The van der Waals surface area contributed by atoms with Crippen LogP contribution in [0.25, 0.3) is 0 Å². The van der Waals surface area contributed by atoms with E-state index in [2.05, 4.69) is 21.2 Å². The summed E-state index contributed by atoms with van der Waals surface area (Å²) in [5.74, 6) is -0.00627. The maximum absolute atomic E-state index is 11.7. The Kier molecular flexibility index (Phi) is 5.82. The number of nitrogens with zero attached hydrogens (tertiary/aromatic N) is 1. The van der Waals surface area contributed by atoms with Gasteiger partial charge in [0.2, 0.25) is 5.91 Å². The van der Waals surface area contributed by atoms with Crippen LogP contribution in [0, 0.1) is 0 Å². The van der Waals surface area contributed by atoms with E-state index in [1.165, 1.54) is 0 Å². The van der Waals surface area contributed by atoms with Crippen molar-refractivity contribution in [2.24, 2.45) is 0 Å². The third-order valence-corrected chi connectivity index (χ3v) is 3.39. The highest BCUT2D eigenvalue weighted by Gasteiger charge is 2.11. The summed E-state index contributed by atoms with van der Waals surface area (Å²) in [7, 11) is 1.86. The average molecular weight is 329 g/mol. The fourth-order valence-corrected chi connectivity index (χ4v) is 2.46.